The zero-order valence-corrected chi connectivity index (χ0v) is 41.4. The van der Waals surface area contributed by atoms with E-state index >= 15 is 0 Å². The molecule has 0 rings (SSSR count). The van der Waals surface area contributed by atoms with Crippen LogP contribution in [0.15, 0.2) is 36.5 Å². The molecule has 62 heavy (non-hydrogen) atoms. The highest BCUT2D eigenvalue weighted by Gasteiger charge is 2.19. The van der Waals surface area contributed by atoms with Crippen molar-refractivity contribution in [3.8, 4) is 0 Å². The van der Waals surface area contributed by atoms with Gasteiger partial charge in [0.2, 0.25) is 0 Å². The van der Waals surface area contributed by atoms with Gasteiger partial charge in [0, 0.05) is 19.3 Å². The van der Waals surface area contributed by atoms with E-state index in [-0.39, 0.29) is 31.1 Å². The van der Waals surface area contributed by atoms with E-state index in [4.69, 9.17) is 14.2 Å². The topological polar surface area (TPSA) is 78.9 Å². The van der Waals surface area contributed by atoms with Crippen LogP contribution in [-0.2, 0) is 28.6 Å². The number of ether oxygens (including phenoxy) is 3. The first-order valence-corrected chi connectivity index (χ1v) is 27.0. The Morgan fingerprint density at radius 2 is 0.629 bits per heavy atom. The first kappa shape index (κ1) is 59.6. The molecule has 0 spiro atoms. The Bertz CT molecular complexity index is 1050. The summed E-state index contributed by atoms with van der Waals surface area (Å²) in [4.78, 5) is 37.9. The normalized spacial score (nSPS) is 12.2. The zero-order valence-electron chi connectivity index (χ0n) is 41.4. The molecule has 0 aliphatic carbocycles. The second-order valence-corrected chi connectivity index (χ2v) is 18.1. The first-order valence-electron chi connectivity index (χ1n) is 27.0. The fourth-order valence-electron chi connectivity index (χ4n) is 7.87. The van der Waals surface area contributed by atoms with E-state index in [9.17, 15) is 14.4 Å². The van der Waals surface area contributed by atoms with E-state index in [1.165, 1.54) is 148 Å². The molecule has 0 radical (unpaired) electrons. The molecule has 0 aliphatic heterocycles. The van der Waals surface area contributed by atoms with Crippen molar-refractivity contribution in [1.82, 2.24) is 0 Å². The van der Waals surface area contributed by atoms with Gasteiger partial charge in [-0.05, 0) is 51.4 Å². The van der Waals surface area contributed by atoms with Crippen LogP contribution in [0, 0.1) is 0 Å². The Balaban J connectivity index is 4.21. The van der Waals surface area contributed by atoms with Crippen molar-refractivity contribution in [2.24, 2.45) is 0 Å². The van der Waals surface area contributed by atoms with Gasteiger partial charge in [0.15, 0.2) is 6.10 Å². The molecule has 6 heteroatoms. The quantitative estimate of drug-likeness (QED) is 0.0262. The highest BCUT2D eigenvalue weighted by molar-refractivity contribution is 5.71. The summed E-state index contributed by atoms with van der Waals surface area (Å²) in [7, 11) is 0. The van der Waals surface area contributed by atoms with Crippen LogP contribution >= 0.6 is 0 Å². The second-order valence-electron chi connectivity index (χ2n) is 18.1. The van der Waals surface area contributed by atoms with Gasteiger partial charge in [-0.1, -0.05) is 250 Å². The van der Waals surface area contributed by atoms with Crippen molar-refractivity contribution < 1.29 is 28.6 Å². The molecule has 0 N–H and O–H groups in total. The fraction of sp³-hybridized carbons (Fsp3) is 0.839. The maximum atomic E-state index is 12.8. The van der Waals surface area contributed by atoms with Crippen molar-refractivity contribution in [1.29, 1.82) is 0 Å². The minimum atomic E-state index is -0.775. The molecule has 0 bridgehead atoms. The lowest BCUT2D eigenvalue weighted by molar-refractivity contribution is -0.167. The van der Waals surface area contributed by atoms with Gasteiger partial charge in [0.25, 0.3) is 0 Å². The molecular weight excluding hydrogens is 769 g/mol. The third-order valence-electron chi connectivity index (χ3n) is 11.9. The summed E-state index contributed by atoms with van der Waals surface area (Å²) < 4.78 is 16.8. The summed E-state index contributed by atoms with van der Waals surface area (Å²) >= 11 is 0. The van der Waals surface area contributed by atoms with Crippen LogP contribution in [-0.4, -0.2) is 37.2 Å². The van der Waals surface area contributed by atoms with Crippen molar-refractivity contribution >= 4 is 17.9 Å². The Hall–Kier alpha value is -2.37. The third-order valence-corrected chi connectivity index (χ3v) is 11.9. The molecule has 0 heterocycles. The highest BCUT2D eigenvalue weighted by atomic mass is 16.6. The highest BCUT2D eigenvalue weighted by Crippen LogP contribution is 2.16. The van der Waals surface area contributed by atoms with Crippen LogP contribution < -0.4 is 0 Å². The van der Waals surface area contributed by atoms with E-state index in [1.807, 2.05) is 0 Å². The number of hydrogen-bond donors (Lipinski definition) is 0. The van der Waals surface area contributed by atoms with E-state index in [2.05, 4.69) is 57.2 Å². The van der Waals surface area contributed by atoms with Gasteiger partial charge in [-0.2, -0.15) is 0 Å². The van der Waals surface area contributed by atoms with Crippen molar-refractivity contribution in [3.63, 3.8) is 0 Å². The van der Waals surface area contributed by atoms with E-state index in [0.29, 0.717) is 19.3 Å². The molecule has 0 fully saturated rings. The molecule has 0 saturated heterocycles. The molecule has 0 amide bonds. The van der Waals surface area contributed by atoms with Gasteiger partial charge in [0.1, 0.15) is 13.2 Å². The molecule has 362 valence electrons. The molecule has 0 aromatic heterocycles. The largest absolute Gasteiger partial charge is 0.462 e. The predicted molar refractivity (Wildman–Crippen MR) is 266 cm³/mol. The fourth-order valence-corrected chi connectivity index (χ4v) is 7.87. The number of unbranched alkanes of at least 4 members (excludes halogenated alkanes) is 32. The molecule has 0 aromatic rings. The molecule has 1 atom stereocenters. The molecule has 1 unspecified atom stereocenters. The number of esters is 3. The summed E-state index contributed by atoms with van der Waals surface area (Å²) in [5, 5.41) is 0. The lowest BCUT2D eigenvalue weighted by Gasteiger charge is -2.18. The van der Waals surface area contributed by atoms with Gasteiger partial charge >= 0.3 is 17.9 Å². The lowest BCUT2D eigenvalue weighted by atomic mass is 10.0. The minimum Gasteiger partial charge on any atom is -0.462 e. The molecule has 6 nitrogen and oxygen atoms in total. The summed E-state index contributed by atoms with van der Waals surface area (Å²) in [5.41, 5.74) is 0. The van der Waals surface area contributed by atoms with Crippen molar-refractivity contribution in [2.75, 3.05) is 13.2 Å². The summed E-state index contributed by atoms with van der Waals surface area (Å²) in [6.45, 7) is 6.51. The Morgan fingerprint density at radius 1 is 0.339 bits per heavy atom. The maximum absolute atomic E-state index is 12.8. The van der Waals surface area contributed by atoms with E-state index in [1.54, 1.807) is 0 Å². The van der Waals surface area contributed by atoms with Crippen molar-refractivity contribution in [2.45, 2.75) is 290 Å². The number of carbonyl (C=O) groups excluding carboxylic acids is 3. The van der Waals surface area contributed by atoms with Crippen LogP contribution in [0.25, 0.3) is 0 Å². The zero-order chi connectivity index (χ0) is 45.1. The monoisotopic (exact) mass is 871 g/mol. The standard InChI is InChI=1S/C56H102O6/c1-4-7-10-13-16-19-21-23-25-26-27-28-29-30-32-33-35-37-40-43-46-49-55(58)61-52-53(51-60-54(57)48-45-42-39-18-15-12-9-6-3)62-56(59)50-47-44-41-38-36-34-31-24-22-20-17-14-11-8-5-2/h8,11,17,20,24,31,53H,4-7,9-10,12-16,18-19,21-23,25-30,32-52H2,1-3H3/b11-8-,20-17-,31-24-. The van der Waals surface area contributed by atoms with Gasteiger partial charge in [0.05, 0.1) is 0 Å². The Kier molecular flexibility index (Phi) is 49.3. The number of carbonyl (C=O) groups is 3. The summed E-state index contributed by atoms with van der Waals surface area (Å²) in [6, 6.07) is 0. The first-order chi connectivity index (χ1) is 30.5. The number of allylic oxidation sites excluding steroid dienone is 6. The SMILES string of the molecule is CC/C=C\C/C=C\C/C=C\CCCCCCCC(=O)OC(COC(=O)CCCCCCCCCC)COC(=O)CCCCCCCCCCCCCCCCCCCCCCC. The van der Waals surface area contributed by atoms with Crippen molar-refractivity contribution in [3.05, 3.63) is 36.5 Å². The van der Waals surface area contributed by atoms with Crippen LogP contribution in [0.1, 0.15) is 284 Å². The van der Waals surface area contributed by atoms with Gasteiger partial charge < -0.3 is 14.2 Å². The van der Waals surface area contributed by atoms with Gasteiger partial charge in [-0.3, -0.25) is 14.4 Å². The van der Waals surface area contributed by atoms with E-state index < -0.39 is 6.10 Å². The third kappa shape index (κ3) is 48.7. The van der Waals surface area contributed by atoms with Crippen LogP contribution in [0.4, 0.5) is 0 Å². The van der Waals surface area contributed by atoms with Crippen LogP contribution in [0.3, 0.4) is 0 Å². The minimum absolute atomic E-state index is 0.0753. The summed E-state index contributed by atoms with van der Waals surface area (Å²) in [5.74, 6) is -0.884. The average molecular weight is 871 g/mol. The molecule has 0 saturated carbocycles. The summed E-state index contributed by atoms with van der Waals surface area (Å²) in [6.07, 6.45) is 60.1. The predicted octanol–water partition coefficient (Wildman–Crippen LogP) is 17.7. The molecular formula is C56H102O6. The number of rotatable bonds is 49. The number of hydrogen-bond acceptors (Lipinski definition) is 6. The maximum Gasteiger partial charge on any atom is 0.306 e. The Labute approximate surface area is 385 Å². The average Bonchev–Trinajstić information content (AvgIpc) is 3.27. The molecule has 0 aromatic carbocycles. The van der Waals surface area contributed by atoms with Gasteiger partial charge in [-0.25, -0.2) is 0 Å². The van der Waals surface area contributed by atoms with E-state index in [0.717, 1.165) is 96.3 Å². The smallest absolute Gasteiger partial charge is 0.306 e. The molecule has 0 aliphatic rings. The van der Waals surface area contributed by atoms with Crippen LogP contribution in [0.5, 0.6) is 0 Å². The second kappa shape index (κ2) is 51.3. The lowest BCUT2D eigenvalue weighted by Crippen LogP contribution is -2.30. The van der Waals surface area contributed by atoms with Crippen LogP contribution in [0.2, 0.25) is 0 Å². The van der Waals surface area contributed by atoms with Gasteiger partial charge in [-0.15, -0.1) is 0 Å². The Morgan fingerprint density at radius 3 is 0.984 bits per heavy atom.